The first-order chi connectivity index (χ1) is 9.25. The number of nitrogens with zero attached hydrogens (tertiary/aromatic N) is 1. The molecule has 1 amide bonds. The third-order valence-electron chi connectivity index (χ3n) is 3.15. The zero-order chi connectivity index (χ0) is 13.5. The van der Waals surface area contributed by atoms with E-state index < -0.39 is 0 Å². The van der Waals surface area contributed by atoms with Gasteiger partial charge in [0.05, 0.1) is 0 Å². The molecule has 0 aromatic heterocycles. The summed E-state index contributed by atoms with van der Waals surface area (Å²) < 4.78 is 0. The van der Waals surface area contributed by atoms with Crippen LogP contribution in [0.15, 0.2) is 35.5 Å². The minimum absolute atomic E-state index is 0.0932. The summed E-state index contributed by atoms with van der Waals surface area (Å²) >= 11 is 0. The largest absolute Gasteiger partial charge is 0.384 e. The van der Waals surface area contributed by atoms with Crippen LogP contribution in [0.4, 0.5) is 0 Å². The van der Waals surface area contributed by atoms with E-state index in [1.54, 1.807) is 0 Å². The molecule has 1 fully saturated rings. The molecule has 19 heavy (non-hydrogen) atoms. The molecule has 2 rings (SSSR count). The van der Waals surface area contributed by atoms with E-state index in [2.05, 4.69) is 10.5 Å². The predicted octanol–water partition coefficient (Wildman–Crippen LogP) is 1.38. The molecule has 1 aromatic carbocycles. The maximum absolute atomic E-state index is 11.6. The lowest BCUT2D eigenvalue weighted by Crippen LogP contribution is -2.35. The van der Waals surface area contributed by atoms with E-state index in [9.17, 15) is 4.79 Å². The van der Waals surface area contributed by atoms with Crippen molar-refractivity contribution in [1.29, 1.82) is 0 Å². The highest BCUT2D eigenvalue weighted by Crippen LogP contribution is 2.17. The molecule has 1 aliphatic carbocycles. The number of hydrogen-bond donors (Lipinski definition) is 2. The van der Waals surface area contributed by atoms with Crippen LogP contribution in [0.25, 0.3) is 0 Å². The fourth-order valence-corrected chi connectivity index (χ4v) is 2.16. The lowest BCUT2D eigenvalue weighted by atomic mass is 10.2. The van der Waals surface area contributed by atoms with Gasteiger partial charge < -0.3 is 15.9 Å². The van der Waals surface area contributed by atoms with Crippen LogP contribution in [-0.2, 0) is 9.63 Å². The molecule has 0 spiro atoms. The fraction of sp³-hybridized carbons (Fsp3) is 0.429. The molecule has 1 saturated carbocycles. The molecule has 0 aliphatic heterocycles. The number of carbonyl (C=O) groups is 1. The Labute approximate surface area is 112 Å². The summed E-state index contributed by atoms with van der Waals surface area (Å²) in [6.45, 7) is -0.0932. The highest BCUT2D eigenvalue weighted by molar-refractivity contribution is 5.97. The van der Waals surface area contributed by atoms with Crippen molar-refractivity contribution in [2.75, 3.05) is 6.61 Å². The van der Waals surface area contributed by atoms with Crippen LogP contribution in [0.1, 0.15) is 31.2 Å². The van der Waals surface area contributed by atoms with Crippen LogP contribution in [-0.4, -0.2) is 24.4 Å². The summed E-state index contributed by atoms with van der Waals surface area (Å²) in [5, 5.41) is 6.66. The number of carbonyl (C=O) groups excluding carboxylic acids is 1. The lowest BCUT2D eigenvalue weighted by molar-refractivity contribution is -0.126. The Hall–Kier alpha value is -2.04. The van der Waals surface area contributed by atoms with Gasteiger partial charge in [0.1, 0.15) is 0 Å². The minimum Gasteiger partial charge on any atom is -0.384 e. The van der Waals surface area contributed by atoms with E-state index in [0.717, 1.165) is 18.4 Å². The third kappa shape index (κ3) is 4.28. The van der Waals surface area contributed by atoms with Gasteiger partial charge in [-0.25, -0.2) is 0 Å². The van der Waals surface area contributed by atoms with E-state index in [0.29, 0.717) is 6.04 Å². The molecular weight excluding hydrogens is 242 g/mol. The molecule has 1 aromatic rings. The van der Waals surface area contributed by atoms with Crippen molar-refractivity contribution in [3.8, 4) is 0 Å². The highest BCUT2D eigenvalue weighted by atomic mass is 16.6. The van der Waals surface area contributed by atoms with Crippen molar-refractivity contribution in [3.05, 3.63) is 35.9 Å². The smallest absolute Gasteiger partial charge is 0.260 e. The third-order valence-corrected chi connectivity index (χ3v) is 3.15. The second-order valence-corrected chi connectivity index (χ2v) is 4.66. The topological polar surface area (TPSA) is 76.7 Å². The van der Waals surface area contributed by atoms with E-state index in [4.69, 9.17) is 10.6 Å². The van der Waals surface area contributed by atoms with Gasteiger partial charge in [0.15, 0.2) is 12.4 Å². The van der Waals surface area contributed by atoms with Gasteiger partial charge in [-0.3, -0.25) is 4.79 Å². The Morgan fingerprint density at radius 1 is 1.32 bits per heavy atom. The van der Waals surface area contributed by atoms with Gasteiger partial charge in [0.2, 0.25) is 0 Å². The first-order valence-corrected chi connectivity index (χ1v) is 6.56. The van der Waals surface area contributed by atoms with Crippen LogP contribution in [0, 0.1) is 0 Å². The van der Waals surface area contributed by atoms with Crippen LogP contribution in [0.2, 0.25) is 0 Å². The molecule has 0 bridgehead atoms. The first-order valence-electron chi connectivity index (χ1n) is 6.56. The molecule has 0 unspecified atom stereocenters. The number of nitrogens with one attached hydrogen (secondary N) is 1. The number of nitrogens with two attached hydrogens (primary N) is 1. The van der Waals surface area contributed by atoms with Gasteiger partial charge in [-0.2, -0.15) is 0 Å². The standard InChI is InChI=1S/C14H19N3O2/c15-14(11-6-2-1-3-7-11)17-19-10-13(18)16-12-8-4-5-9-12/h1-3,6-7,12H,4-5,8-10H2,(H2,15,17)(H,16,18). The van der Waals surface area contributed by atoms with Crippen molar-refractivity contribution in [1.82, 2.24) is 5.32 Å². The number of oxime groups is 1. The average Bonchev–Trinajstić information content (AvgIpc) is 2.92. The maximum atomic E-state index is 11.6. The number of amidine groups is 1. The summed E-state index contributed by atoms with van der Waals surface area (Å²) in [5.74, 6) is 0.130. The number of hydrogen-bond acceptors (Lipinski definition) is 3. The highest BCUT2D eigenvalue weighted by Gasteiger charge is 2.17. The summed E-state index contributed by atoms with van der Waals surface area (Å²) in [6, 6.07) is 9.59. The predicted molar refractivity (Wildman–Crippen MR) is 73.5 cm³/mol. The molecule has 0 atom stereocenters. The summed E-state index contributed by atoms with van der Waals surface area (Å²) in [7, 11) is 0. The number of amides is 1. The summed E-state index contributed by atoms with van der Waals surface area (Å²) in [4.78, 5) is 16.5. The minimum atomic E-state index is -0.142. The van der Waals surface area contributed by atoms with Crippen molar-refractivity contribution in [3.63, 3.8) is 0 Å². The van der Waals surface area contributed by atoms with Crippen molar-refractivity contribution in [2.24, 2.45) is 10.9 Å². The Morgan fingerprint density at radius 2 is 2.00 bits per heavy atom. The number of rotatable bonds is 5. The second kappa shape index (κ2) is 6.78. The molecule has 0 heterocycles. The maximum Gasteiger partial charge on any atom is 0.260 e. The average molecular weight is 261 g/mol. The molecule has 5 heteroatoms. The quantitative estimate of drug-likeness (QED) is 0.477. The number of benzene rings is 1. The Morgan fingerprint density at radius 3 is 2.68 bits per heavy atom. The Kier molecular flexibility index (Phi) is 4.78. The van der Waals surface area contributed by atoms with Gasteiger partial charge >= 0.3 is 0 Å². The van der Waals surface area contributed by atoms with Crippen LogP contribution < -0.4 is 11.1 Å². The van der Waals surface area contributed by atoms with Gasteiger partial charge in [0, 0.05) is 11.6 Å². The van der Waals surface area contributed by atoms with E-state index in [1.165, 1.54) is 12.8 Å². The Balaban J connectivity index is 1.74. The van der Waals surface area contributed by atoms with E-state index in [1.807, 2.05) is 30.3 Å². The van der Waals surface area contributed by atoms with Crippen LogP contribution >= 0.6 is 0 Å². The van der Waals surface area contributed by atoms with Crippen molar-refractivity contribution in [2.45, 2.75) is 31.7 Å². The SMILES string of the molecule is NC(=NOCC(=O)NC1CCCC1)c1ccccc1. The van der Waals surface area contributed by atoms with Crippen molar-refractivity contribution >= 4 is 11.7 Å². The molecule has 0 radical (unpaired) electrons. The molecule has 3 N–H and O–H groups in total. The monoisotopic (exact) mass is 261 g/mol. The van der Waals surface area contributed by atoms with Crippen molar-refractivity contribution < 1.29 is 9.63 Å². The summed E-state index contributed by atoms with van der Waals surface area (Å²) in [5.41, 5.74) is 6.51. The van der Waals surface area contributed by atoms with Gasteiger partial charge in [0.25, 0.3) is 5.91 Å². The molecule has 102 valence electrons. The molecule has 5 nitrogen and oxygen atoms in total. The van der Waals surface area contributed by atoms with E-state index >= 15 is 0 Å². The van der Waals surface area contributed by atoms with Gasteiger partial charge in [-0.15, -0.1) is 0 Å². The zero-order valence-electron chi connectivity index (χ0n) is 10.8. The van der Waals surface area contributed by atoms with Gasteiger partial charge in [-0.1, -0.05) is 48.3 Å². The normalized spacial score (nSPS) is 16.3. The van der Waals surface area contributed by atoms with Gasteiger partial charge in [-0.05, 0) is 12.8 Å². The Bertz CT molecular complexity index is 439. The second-order valence-electron chi connectivity index (χ2n) is 4.66. The zero-order valence-corrected chi connectivity index (χ0v) is 10.8. The molecular formula is C14H19N3O2. The fourth-order valence-electron chi connectivity index (χ4n) is 2.16. The molecule has 0 saturated heterocycles. The molecule has 1 aliphatic rings. The first kappa shape index (κ1) is 13.4. The lowest BCUT2D eigenvalue weighted by Gasteiger charge is -2.10. The van der Waals surface area contributed by atoms with E-state index in [-0.39, 0.29) is 18.3 Å². The summed E-state index contributed by atoms with van der Waals surface area (Å²) in [6.07, 6.45) is 4.48. The van der Waals surface area contributed by atoms with Crippen LogP contribution in [0.5, 0.6) is 0 Å². The van der Waals surface area contributed by atoms with Crippen LogP contribution in [0.3, 0.4) is 0 Å².